The van der Waals surface area contributed by atoms with Gasteiger partial charge in [-0.1, -0.05) is 0 Å². The molecule has 2 aromatic rings. The second-order valence-corrected chi connectivity index (χ2v) is 7.80. The molecule has 0 saturated carbocycles. The standard InChI is InChI=1S/C21H28N4O3/c1-14-12-18(28-17-9-7-16(27-4)8-10-17)24-19(23-14)15-6-5-11-25(13-15)20(26)21(2,3)22/h7-10,12,15H,5-6,11,13,22H2,1-4H3. The summed E-state index contributed by atoms with van der Waals surface area (Å²) >= 11 is 0. The number of ether oxygens (including phenoxy) is 2. The van der Waals surface area contributed by atoms with Gasteiger partial charge in [0, 0.05) is 30.8 Å². The second kappa shape index (κ2) is 8.14. The first-order chi connectivity index (χ1) is 13.3. The molecule has 1 aliphatic rings. The van der Waals surface area contributed by atoms with Gasteiger partial charge in [-0.05, 0) is 57.9 Å². The number of hydrogen-bond acceptors (Lipinski definition) is 6. The van der Waals surface area contributed by atoms with Gasteiger partial charge in [0.25, 0.3) is 0 Å². The summed E-state index contributed by atoms with van der Waals surface area (Å²) in [5.41, 5.74) is 5.95. The van der Waals surface area contributed by atoms with Gasteiger partial charge in [0.05, 0.1) is 12.6 Å². The molecule has 0 aliphatic carbocycles. The molecule has 1 unspecified atom stereocenters. The molecule has 1 fully saturated rings. The number of benzene rings is 1. The minimum Gasteiger partial charge on any atom is -0.497 e. The Morgan fingerprint density at radius 2 is 1.89 bits per heavy atom. The van der Waals surface area contributed by atoms with Crippen molar-refractivity contribution in [3.8, 4) is 17.4 Å². The molecule has 28 heavy (non-hydrogen) atoms. The van der Waals surface area contributed by atoms with E-state index in [0.717, 1.165) is 30.8 Å². The van der Waals surface area contributed by atoms with Gasteiger partial charge < -0.3 is 20.1 Å². The van der Waals surface area contributed by atoms with Crippen LogP contribution in [0.3, 0.4) is 0 Å². The van der Waals surface area contributed by atoms with Crippen molar-refractivity contribution in [2.75, 3.05) is 20.2 Å². The van der Waals surface area contributed by atoms with E-state index in [1.54, 1.807) is 21.0 Å². The van der Waals surface area contributed by atoms with Crippen molar-refractivity contribution in [2.45, 2.75) is 45.1 Å². The highest BCUT2D eigenvalue weighted by molar-refractivity contribution is 5.85. The summed E-state index contributed by atoms with van der Waals surface area (Å²) in [4.78, 5) is 23.6. The van der Waals surface area contributed by atoms with Crippen molar-refractivity contribution in [1.29, 1.82) is 0 Å². The lowest BCUT2D eigenvalue weighted by molar-refractivity contribution is -0.137. The molecule has 7 heteroatoms. The molecule has 3 rings (SSSR count). The van der Waals surface area contributed by atoms with E-state index in [1.165, 1.54) is 0 Å². The van der Waals surface area contributed by atoms with E-state index >= 15 is 0 Å². The predicted octanol–water partition coefficient (Wildman–Crippen LogP) is 3.03. The first kappa shape index (κ1) is 20.1. The number of nitrogens with zero attached hydrogens (tertiary/aromatic N) is 3. The summed E-state index contributed by atoms with van der Waals surface area (Å²) in [6.07, 6.45) is 1.83. The molecular formula is C21H28N4O3. The fourth-order valence-corrected chi connectivity index (χ4v) is 3.34. The van der Waals surface area contributed by atoms with Crippen LogP contribution in [-0.2, 0) is 4.79 Å². The number of carbonyl (C=O) groups is 1. The Hall–Kier alpha value is -2.67. The minimum atomic E-state index is -0.877. The average Bonchev–Trinajstić information content (AvgIpc) is 2.67. The van der Waals surface area contributed by atoms with E-state index in [1.807, 2.05) is 42.2 Å². The topological polar surface area (TPSA) is 90.6 Å². The highest BCUT2D eigenvalue weighted by Gasteiger charge is 2.33. The maximum absolute atomic E-state index is 12.5. The van der Waals surface area contributed by atoms with Crippen molar-refractivity contribution in [2.24, 2.45) is 5.73 Å². The fourth-order valence-electron chi connectivity index (χ4n) is 3.34. The summed E-state index contributed by atoms with van der Waals surface area (Å²) in [5.74, 6) is 2.67. The summed E-state index contributed by atoms with van der Waals surface area (Å²) < 4.78 is 11.1. The molecule has 1 aromatic heterocycles. The smallest absolute Gasteiger partial charge is 0.242 e. The van der Waals surface area contributed by atoms with Crippen LogP contribution in [0.5, 0.6) is 17.4 Å². The zero-order valence-corrected chi connectivity index (χ0v) is 16.9. The fraction of sp³-hybridized carbons (Fsp3) is 0.476. The average molecular weight is 384 g/mol. The monoisotopic (exact) mass is 384 g/mol. The third-order valence-corrected chi connectivity index (χ3v) is 4.75. The van der Waals surface area contributed by atoms with Crippen molar-refractivity contribution < 1.29 is 14.3 Å². The van der Waals surface area contributed by atoms with Crippen LogP contribution >= 0.6 is 0 Å². The number of piperidine rings is 1. The van der Waals surface area contributed by atoms with Gasteiger partial charge in [-0.25, -0.2) is 4.98 Å². The highest BCUT2D eigenvalue weighted by Crippen LogP contribution is 2.29. The van der Waals surface area contributed by atoms with Crippen LogP contribution in [0.25, 0.3) is 0 Å². The van der Waals surface area contributed by atoms with Crippen LogP contribution < -0.4 is 15.2 Å². The Morgan fingerprint density at radius 3 is 2.54 bits per heavy atom. The zero-order chi connectivity index (χ0) is 20.3. The van der Waals surface area contributed by atoms with Gasteiger partial charge in [-0.2, -0.15) is 4.98 Å². The Bertz CT molecular complexity index is 831. The number of likely N-dealkylation sites (tertiary alicyclic amines) is 1. The Labute approximate surface area is 165 Å². The number of hydrogen-bond donors (Lipinski definition) is 1. The summed E-state index contributed by atoms with van der Waals surface area (Å²) in [5, 5.41) is 0. The first-order valence-electron chi connectivity index (χ1n) is 9.52. The second-order valence-electron chi connectivity index (χ2n) is 7.80. The molecule has 2 N–H and O–H groups in total. The molecule has 150 valence electrons. The van der Waals surface area contributed by atoms with Crippen molar-refractivity contribution in [3.63, 3.8) is 0 Å². The molecule has 1 aromatic carbocycles. The molecule has 2 heterocycles. The normalized spacial score (nSPS) is 17.3. The number of carbonyl (C=O) groups excluding carboxylic acids is 1. The highest BCUT2D eigenvalue weighted by atomic mass is 16.5. The molecule has 7 nitrogen and oxygen atoms in total. The SMILES string of the molecule is COc1ccc(Oc2cc(C)nc(C3CCCN(C(=O)C(C)(C)N)C3)n2)cc1. The number of methoxy groups -OCH3 is 1. The van der Waals surface area contributed by atoms with E-state index in [0.29, 0.717) is 24.0 Å². The van der Waals surface area contributed by atoms with Gasteiger partial charge in [-0.3, -0.25) is 4.79 Å². The van der Waals surface area contributed by atoms with Crippen LogP contribution in [0.2, 0.25) is 0 Å². The van der Waals surface area contributed by atoms with Gasteiger partial charge in [0.1, 0.15) is 17.3 Å². The Balaban J connectivity index is 1.77. The van der Waals surface area contributed by atoms with Crippen LogP contribution in [-0.4, -0.2) is 46.5 Å². The first-order valence-corrected chi connectivity index (χ1v) is 9.52. The zero-order valence-electron chi connectivity index (χ0n) is 16.9. The number of amides is 1. The van der Waals surface area contributed by atoms with Crippen molar-refractivity contribution in [3.05, 3.63) is 41.9 Å². The predicted molar refractivity (Wildman–Crippen MR) is 107 cm³/mol. The lowest BCUT2D eigenvalue weighted by atomic mass is 9.94. The molecule has 0 bridgehead atoms. The minimum absolute atomic E-state index is 0.0421. The third-order valence-electron chi connectivity index (χ3n) is 4.75. The van der Waals surface area contributed by atoms with E-state index in [-0.39, 0.29) is 11.8 Å². The maximum atomic E-state index is 12.5. The molecule has 1 aliphatic heterocycles. The van der Waals surface area contributed by atoms with Crippen LogP contribution in [0, 0.1) is 6.92 Å². The van der Waals surface area contributed by atoms with Gasteiger partial charge in [0.15, 0.2) is 0 Å². The van der Waals surface area contributed by atoms with Gasteiger partial charge >= 0.3 is 0 Å². The van der Waals surface area contributed by atoms with Gasteiger partial charge in [0.2, 0.25) is 11.8 Å². The third kappa shape index (κ3) is 4.78. The molecule has 0 radical (unpaired) electrons. The number of nitrogens with two attached hydrogens (primary N) is 1. The maximum Gasteiger partial charge on any atom is 0.242 e. The summed E-state index contributed by atoms with van der Waals surface area (Å²) in [6, 6.07) is 9.15. The number of aryl methyl sites for hydroxylation is 1. The van der Waals surface area contributed by atoms with E-state index in [4.69, 9.17) is 15.2 Å². The van der Waals surface area contributed by atoms with Crippen molar-refractivity contribution in [1.82, 2.24) is 14.9 Å². The Morgan fingerprint density at radius 1 is 1.21 bits per heavy atom. The molecule has 0 spiro atoms. The van der Waals surface area contributed by atoms with E-state index < -0.39 is 5.54 Å². The molecule has 1 atom stereocenters. The molecule has 1 amide bonds. The summed E-state index contributed by atoms with van der Waals surface area (Å²) in [6.45, 7) is 6.69. The van der Waals surface area contributed by atoms with Crippen LogP contribution in [0.15, 0.2) is 30.3 Å². The summed E-state index contributed by atoms with van der Waals surface area (Å²) in [7, 11) is 1.62. The van der Waals surface area contributed by atoms with E-state index in [9.17, 15) is 4.79 Å². The van der Waals surface area contributed by atoms with Crippen molar-refractivity contribution >= 4 is 5.91 Å². The number of aromatic nitrogens is 2. The molecule has 1 saturated heterocycles. The van der Waals surface area contributed by atoms with Gasteiger partial charge in [-0.15, -0.1) is 0 Å². The van der Waals surface area contributed by atoms with Crippen LogP contribution in [0.4, 0.5) is 0 Å². The quantitative estimate of drug-likeness (QED) is 0.852. The molecular weight excluding hydrogens is 356 g/mol. The van der Waals surface area contributed by atoms with E-state index in [2.05, 4.69) is 9.97 Å². The lowest BCUT2D eigenvalue weighted by Crippen LogP contribution is -2.53. The Kier molecular flexibility index (Phi) is 5.84. The number of rotatable bonds is 5. The lowest BCUT2D eigenvalue weighted by Gasteiger charge is -2.35. The van der Waals surface area contributed by atoms with Crippen LogP contribution in [0.1, 0.15) is 44.1 Å². The largest absolute Gasteiger partial charge is 0.497 e.